The molecular formula is C15H19ClN2O2S. The molecule has 1 saturated heterocycles. The van der Waals surface area contributed by atoms with E-state index in [9.17, 15) is 9.59 Å². The third kappa shape index (κ3) is 4.38. The van der Waals surface area contributed by atoms with Gasteiger partial charge in [0.15, 0.2) is 0 Å². The van der Waals surface area contributed by atoms with Gasteiger partial charge in [0.25, 0.3) is 0 Å². The third-order valence-electron chi connectivity index (χ3n) is 3.68. The highest BCUT2D eigenvalue weighted by Crippen LogP contribution is 2.27. The maximum absolute atomic E-state index is 12.4. The lowest BCUT2D eigenvalue weighted by atomic mass is 9.96. The first-order valence-corrected chi connectivity index (χ1v) is 8.23. The number of carbonyl (C=O) groups is 2. The van der Waals surface area contributed by atoms with Gasteiger partial charge in [-0.05, 0) is 44.0 Å². The van der Waals surface area contributed by atoms with Crippen LogP contribution in [0.5, 0.6) is 0 Å². The minimum Gasteiger partial charge on any atom is -0.369 e. The Kier molecular flexibility index (Phi) is 5.53. The number of nitrogens with zero attached hydrogens (tertiary/aromatic N) is 1. The van der Waals surface area contributed by atoms with Crippen molar-refractivity contribution in [3.63, 3.8) is 0 Å². The van der Waals surface area contributed by atoms with Gasteiger partial charge >= 0.3 is 0 Å². The Morgan fingerprint density at radius 1 is 1.29 bits per heavy atom. The zero-order valence-electron chi connectivity index (χ0n) is 11.9. The van der Waals surface area contributed by atoms with Gasteiger partial charge in [0, 0.05) is 28.9 Å². The van der Waals surface area contributed by atoms with Crippen LogP contribution in [0.3, 0.4) is 0 Å². The molecule has 1 aliphatic rings. The fourth-order valence-corrected chi connectivity index (χ4v) is 3.49. The molecule has 1 aliphatic heterocycles. The molecular weight excluding hydrogens is 308 g/mol. The van der Waals surface area contributed by atoms with E-state index in [2.05, 4.69) is 0 Å². The molecule has 0 unspecified atom stereocenters. The summed E-state index contributed by atoms with van der Waals surface area (Å²) in [4.78, 5) is 26.4. The number of likely N-dealkylation sites (tertiary alicyclic amines) is 1. The molecule has 0 bridgehead atoms. The Labute approximate surface area is 134 Å². The molecule has 2 N–H and O–H groups in total. The van der Waals surface area contributed by atoms with Gasteiger partial charge in [-0.15, -0.1) is 11.8 Å². The SMILES string of the molecule is C[C@@H](Sc1ccc(Cl)cc1)C(=O)N1CCC(C(N)=O)CC1. The molecule has 1 aromatic rings. The summed E-state index contributed by atoms with van der Waals surface area (Å²) in [6.07, 6.45) is 1.33. The van der Waals surface area contributed by atoms with E-state index in [0.717, 1.165) is 4.90 Å². The van der Waals surface area contributed by atoms with Crippen molar-refractivity contribution in [1.82, 2.24) is 4.90 Å². The lowest BCUT2D eigenvalue weighted by molar-refractivity contribution is -0.134. The van der Waals surface area contributed by atoms with E-state index in [4.69, 9.17) is 17.3 Å². The van der Waals surface area contributed by atoms with E-state index < -0.39 is 0 Å². The number of amides is 2. The van der Waals surface area contributed by atoms with Crippen molar-refractivity contribution in [3.8, 4) is 0 Å². The number of halogens is 1. The van der Waals surface area contributed by atoms with Crippen LogP contribution in [0, 0.1) is 5.92 Å². The summed E-state index contributed by atoms with van der Waals surface area (Å²) in [5.41, 5.74) is 5.31. The van der Waals surface area contributed by atoms with Gasteiger partial charge in [-0.25, -0.2) is 0 Å². The molecule has 0 aromatic heterocycles. The van der Waals surface area contributed by atoms with E-state index >= 15 is 0 Å². The van der Waals surface area contributed by atoms with Gasteiger partial charge in [-0.1, -0.05) is 11.6 Å². The predicted octanol–water partition coefficient (Wildman–Crippen LogP) is 2.54. The molecule has 114 valence electrons. The first kappa shape index (κ1) is 16.2. The minimum absolute atomic E-state index is 0.0896. The Hall–Kier alpha value is -1.20. The van der Waals surface area contributed by atoms with Gasteiger partial charge < -0.3 is 10.6 Å². The van der Waals surface area contributed by atoms with E-state index in [-0.39, 0.29) is 23.0 Å². The van der Waals surface area contributed by atoms with Crippen molar-refractivity contribution >= 4 is 35.2 Å². The fraction of sp³-hybridized carbons (Fsp3) is 0.467. The predicted molar refractivity (Wildman–Crippen MR) is 85.3 cm³/mol. The normalized spacial score (nSPS) is 17.5. The average molecular weight is 327 g/mol. The standard InChI is InChI=1S/C15H19ClN2O2S/c1-10(21-13-4-2-12(16)3-5-13)15(20)18-8-6-11(7-9-18)14(17)19/h2-5,10-11H,6-9H2,1H3,(H2,17,19)/t10-/m1/s1. The monoisotopic (exact) mass is 326 g/mol. The highest BCUT2D eigenvalue weighted by Gasteiger charge is 2.28. The van der Waals surface area contributed by atoms with Gasteiger partial charge in [0.1, 0.15) is 0 Å². The topological polar surface area (TPSA) is 63.4 Å². The summed E-state index contributed by atoms with van der Waals surface area (Å²) in [6.45, 7) is 3.12. The Balaban J connectivity index is 1.88. The fourth-order valence-electron chi connectivity index (χ4n) is 2.41. The summed E-state index contributed by atoms with van der Waals surface area (Å²) in [6, 6.07) is 7.46. The highest BCUT2D eigenvalue weighted by molar-refractivity contribution is 8.00. The van der Waals surface area contributed by atoms with Crippen LogP contribution in [0.25, 0.3) is 0 Å². The summed E-state index contributed by atoms with van der Waals surface area (Å²) in [5.74, 6) is -0.239. The first-order valence-electron chi connectivity index (χ1n) is 6.97. The molecule has 0 spiro atoms. The van der Waals surface area contributed by atoms with Crippen molar-refractivity contribution in [2.45, 2.75) is 29.9 Å². The second kappa shape index (κ2) is 7.18. The zero-order chi connectivity index (χ0) is 15.4. The summed E-state index contributed by atoms with van der Waals surface area (Å²) in [7, 11) is 0. The van der Waals surface area contributed by atoms with E-state index in [0.29, 0.717) is 31.0 Å². The molecule has 1 fully saturated rings. The number of nitrogens with two attached hydrogens (primary N) is 1. The number of hydrogen-bond acceptors (Lipinski definition) is 3. The van der Waals surface area contributed by atoms with Crippen LogP contribution in [0.1, 0.15) is 19.8 Å². The number of rotatable bonds is 4. The zero-order valence-corrected chi connectivity index (χ0v) is 13.5. The lowest BCUT2D eigenvalue weighted by Gasteiger charge is -2.32. The number of benzene rings is 1. The van der Waals surface area contributed by atoms with Crippen molar-refractivity contribution in [2.24, 2.45) is 11.7 Å². The van der Waals surface area contributed by atoms with Crippen LogP contribution in [0.15, 0.2) is 29.2 Å². The molecule has 2 amide bonds. The van der Waals surface area contributed by atoms with Gasteiger partial charge in [0.05, 0.1) is 5.25 Å². The second-order valence-corrected chi connectivity index (χ2v) is 7.07. The van der Waals surface area contributed by atoms with Crippen molar-refractivity contribution in [3.05, 3.63) is 29.3 Å². The van der Waals surface area contributed by atoms with Gasteiger partial charge in [0.2, 0.25) is 11.8 Å². The highest BCUT2D eigenvalue weighted by atomic mass is 35.5. The molecule has 6 heteroatoms. The molecule has 0 saturated carbocycles. The van der Waals surface area contributed by atoms with Crippen LogP contribution in [0.4, 0.5) is 0 Å². The lowest BCUT2D eigenvalue weighted by Crippen LogP contribution is -2.44. The van der Waals surface area contributed by atoms with Crippen molar-refractivity contribution in [1.29, 1.82) is 0 Å². The maximum atomic E-state index is 12.4. The molecule has 1 heterocycles. The summed E-state index contributed by atoms with van der Waals surface area (Å²) in [5, 5.41) is 0.531. The Morgan fingerprint density at radius 2 is 1.86 bits per heavy atom. The minimum atomic E-state index is -0.259. The summed E-state index contributed by atoms with van der Waals surface area (Å²) < 4.78 is 0. The Bertz CT molecular complexity index is 513. The van der Waals surface area contributed by atoms with E-state index in [1.165, 1.54) is 11.8 Å². The molecule has 1 aromatic carbocycles. The van der Waals surface area contributed by atoms with Gasteiger partial charge in [-0.2, -0.15) is 0 Å². The van der Waals surface area contributed by atoms with Crippen molar-refractivity contribution < 1.29 is 9.59 Å². The van der Waals surface area contributed by atoms with Crippen LogP contribution in [0.2, 0.25) is 5.02 Å². The number of carbonyl (C=O) groups excluding carboxylic acids is 2. The molecule has 4 nitrogen and oxygen atoms in total. The molecule has 0 radical (unpaired) electrons. The molecule has 21 heavy (non-hydrogen) atoms. The van der Waals surface area contributed by atoms with E-state index in [1.54, 1.807) is 0 Å². The molecule has 1 atom stereocenters. The maximum Gasteiger partial charge on any atom is 0.235 e. The second-order valence-electron chi connectivity index (χ2n) is 5.22. The summed E-state index contributed by atoms with van der Waals surface area (Å²) >= 11 is 7.37. The number of piperidine rings is 1. The number of hydrogen-bond donors (Lipinski definition) is 1. The molecule has 2 rings (SSSR count). The van der Waals surface area contributed by atoms with Crippen LogP contribution < -0.4 is 5.73 Å². The quantitative estimate of drug-likeness (QED) is 0.865. The van der Waals surface area contributed by atoms with Crippen molar-refractivity contribution in [2.75, 3.05) is 13.1 Å². The smallest absolute Gasteiger partial charge is 0.235 e. The largest absolute Gasteiger partial charge is 0.369 e. The van der Waals surface area contributed by atoms with Crippen LogP contribution >= 0.6 is 23.4 Å². The number of thioether (sulfide) groups is 1. The van der Waals surface area contributed by atoms with Crippen LogP contribution in [-0.2, 0) is 9.59 Å². The average Bonchev–Trinajstić information content (AvgIpc) is 2.49. The Morgan fingerprint density at radius 3 is 2.38 bits per heavy atom. The van der Waals surface area contributed by atoms with Gasteiger partial charge in [-0.3, -0.25) is 9.59 Å². The number of primary amides is 1. The third-order valence-corrected chi connectivity index (χ3v) is 5.03. The van der Waals surface area contributed by atoms with Crippen LogP contribution in [-0.4, -0.2) is 35.1 Å². The first-order chi connectivity index (χ1) is 9.97. The molecule has 0 aliphatic carbocycles. The van der Waals surface area contributed by atoms with E-state index in [1.807, 2.05) is 36.1 Å².